The van der Waals surface area contributed by atoms with E-state index in [9.17, 15) is 0 Å². The highest BCUT2D eigenvalue weighted by molar-refractivity contribution is 5.49. The lowest BCUT2D eigenvalue weighted by Gasteiger charge is -2.27. The minimum Gasteiger partial charge on any atom is -0.382 e. The van der Waals surface area contributed by atoms with Gasteiger partial charge < -0.3 is 15.4 Å². The molecule has 0 aromatic carbocycles. The van der Waals surface area contributed by atoms with Crippen LogP contribution in [0.5, 0.6) is 0 Å². The smallest absolute Gasteiger partial charge is 0.138 e. The highest BCUT2D eigenvalue weighted by atomic mass is 16.5. The summed E-state index contributed by atoms with van der Waals surface area (Å²) in [5, 5.41) is 6.78. The summed E-state index contributed by atoms with van der Waals surface area (Å²) in [7, 11) is 1.71. The van der Waals surface area contributed by atoms with Gasteiger partial charge in [-0.15, -0.1) is 0 Å². The molecule has 0 fully saturated rings. The Kier molecular flexibility index (Phi) is 5.96. The molecule has 1 aromatic heterocycles. The minimum absolute atomic E-state index is 0.0915. The lowest BCUT2D eigenvalue weighted by Crippen LogP contribution is -2.36. The van der Waals surface area contributed by atoms with E-state index in [4.69, 9.17) is 4.74 Å². The van der Waals surface area contributed by atoms with E-state index in [0.717, 1.165) is 30.4 Å². The number of rotatable bonds is 7. The van der Waals surface area contributed by atoms with Crippen LogP contribution < -0.4 is 10.6 Å². The van der Waals surface area contributed by atoms with Gasteiger partial charge in [0.25, 0.3) is 0 Å². The van der Waals surface area contributed by atoms with Gasteiger partial charge in [0.05, 0.1) is 12.1 Å². The van der Waals surface area contributed by atoms with Gasteiger partial charge in [-0.1, -0.05) is 27.7 Å². The van der Waals surface area contributed by atoms with E-state index in [0.29, 0.717) is 6.61 Å². The fourth-order valence-electron chi connectivity index (χ4n) is 1.93. The van der Waals surface area contributed by atoms with Gasteiger partial charge in [0.1, 0.15) is 17.5 Å². The molecule has 1 heterocycles. The van der Waals surface area contributed by atoms with Crippen molar-refractivity contribution >= 4 is 11.6 Å². The molecule has 1 rings (SSSR count). The van der Waals surface area contributed by atoms with Crippen molar-refractivity contribution in [2.45, 2.75) is 58.9 Å². The Balaban J connectivity index is 3.07. The minimum atomic E-state index is -0.180. The Morgan fingerprint density at radius 3 is 2.24 bits per heavy atom. The second-order valence-corrected chi connectivity index (χ2v) is 7.08. The number of nitrogens with one attached hydrogen (secondary N) is 2. The lowest BCUT2D eigenvalue weighted by atomic mass is 9.95. The largest absolute Gasteiger partial charge is 0.382 e. The standard InChI is InChI=1S/C16H30N4O/c1-8-9-17-12-10-13(20-16(5,6)11-21-7)19-14(18-12)15(2,3)4/h10H,8-9,11H2,1-7H3,(H2,17,18,19,20). The summed E-state index contributed by atoms with van der Waals surface area (Å²) in [6.45, 7) is 14.2. The summed E-state index contributed by atoms with van der Waals surface area (Å²) in [6.07, 6.45) is 1.06. The Morgan fingerprint density at radius 2 is 1.71 bits per heavy atom. The van der Waals surface area contributed by atoms with Crippen molar-refractivity contribution < 1.29 is 4.74 Å². The lowest BCUT2D eigenvalue weighted by molar-refractivity contribution is 0.158. The highest BCUT2D eigenvalue weighted by Gasteiger charge is 2.22. The molecule has 5 heteroatoms. The summed E-state index contributed by atoms with van der Waals surface area (Å²) >= 11 is 0. The molecule has 2 N–H and O–H groups in total. The topological polar surface area (TPSA) is 59.1 Å². The molecule has 0 atom stereocenters. The fourth-order valence-corrected chi connectivity index (χ4v) is 1.93. The van der Waals surface area contributed by atoms with Crippen LogP contribution in [0.4, 0.5) is 11.6 Å². The number of nitrogens with zero attached hydrogens (tertiary/aromatic N) is 2. The van der Waals surface area contributed by atoms with Crippen molar-refractivity contribution in [2.24, 2.45) is 0 Å². The Hall–Kier alpha value is -1.36. The first kappa shape index (κ1) is 17.7. The molecule has 0 unspecified atom stereocenters. The van der Waals surface area contributed by atoms with Crippen LogP contribution in [-0.4, -0.2) is 35.8 Å². The van der Waals surface area contributed by atoms with Crippen molar-refractivity contribution in [1.29, 1.82) is 0 Å². The van der Waals surface area contributed by atoms with Crippen LogP contribution in [0.25, 0.3) is 0 Å². The molecular weight excluding hydrogens is 264 g/mol. The number of hydrogen-bond donors (Lipinski definition) is 2. The Bertz CT molecular complexity index is 452. The number of anilines is 2. The van der Waals surface area contributed by atoms with Gasteiger partial charge in [-0.25, -0.2) is 9.97 Å². The third-order valence-electron chi connectivity index (χ3n) is 2.92. The molecule has 0 aliphatic heterocycles. The molecule has 120 valence electrons. The third kappa shape index (κ3) is 5.87. The molecule has 0 bridgehead atoms. The zero-order valence-corrected chi connectivity index (χ0v) is 14.5. The molecule has 0 saturated carbocycles. The molecule has 21 heavy (non-hydrogen) atoms. The van der Waals surface area contributed by atoms with Crippen LogP contribution in [0.1, 0.15) is 53.8 Å². The number of hydrogen-bond acceptors (Lipinski definition) is 5. The summed E-state index contributed by atoms with van der Waals surface area (Å²) in [6, 6.07) is 1.96. The quantitative estimate of drug-likeness (QED) is 0.807. The maximum absolute atomic E-state index is 5.25. The average molecular weight is 294 g/mol. The predicted octanol–water partition coefficient (Wildman–Crippen LogP) is 3.43. The summed E-state index contributed by atoms with van der Waals surface area (Å²) in [5.74, 6) is 2.53. The van der Waals surface area contributed by atoms with Gasteiger partial charge >= 0.3 is 0 Å². The summed E-state index contributed by atoms with van der Waals surface area (Å²) in [5.41, 5.74) is -0.272. The molecule has 0 radical (unpaired) electrons. The third-order valence-corrected chi connectivity index (χ3v) is 2.92. The van der Waals surface area contributed by atoms with Gasteiger partial charge in [0, 0.05) is 25.1 Å². The van der Waals surface area contributed by atoms with Crippen molar-refractivity contribution in [3.8, 4) is 0 Å². The molecular formula is C16H30N4O. The van der Waals surface area contributed by atoms with Gasteiger partial charge in [-0.3, -0.25) is 0 Å². The molecule has 0 spiro atoms. The molecule has 0 aliphatic rings. The van der Waals surface area contributed by atoms with Crippen molar-refractivity contribution in [3.63, 3.8) is 0 Å². The average Bonchev–Trinajstić information content (AvgIpc) is 2.34. The van der Waals surface area contributed by atoms with Crippen LogP contribution in [-0.2, 0) is 10.2 Å². The summed E-state index contributed by atoms with van der Waals surface area (Å²) in [4.78, 5) is 9.29. The van der Waals surface area contributed by atoms with E-state index in [1.165, 1.54) is 0 Å². The van der Waals surface area contributed by atoms with Crippen molar-refractivity contribution in [2.75, 3.05) is 30.9 Å². The molecule has 0 saturated heterocycles. The number of methoxy groups -OCH3 is 1. The number of ether oxygens (including phenoxy) is 1. The first-order valence-corrected chi connectivity index (χ1v) is 7.58. The van der Waals surface area contributed by atoms with E-state index < -0.39 is 0 Å². The first-order valence-electron chi connectivity index (χ1n) is 7.58. The monoisotopic (exact) mass is 294 g/mol. The maximum Gasteiger partial charge on any atom is 0.138 e. The van der Waals surface area contributed by atoms with Crippen molar-refractivity contribution in [1.82, 2.24) is 9.97 Å². The van der Waals surface area contributed by atoms with E-state index in [1.54, 1.807) is 7.11 Å². The molecule has 1 aromatic rings. The van der Waals surface area contributed by atoms with E-state index in [2.05, 4.69) is 62.1 Å². The van der Waals surface area contributed by atoms with Gasteiger partial charge in [-0.2, -0.15) is 0 Å². The second-order valence-electron chi connectivity index (χ2n) is 7.08. The first-order chi connectivity index (χ1) is 9.68. The van der Waals surface area contributed by atoms with Gasteiger partial charge in [0.2, 0.25) is 0 Å². The summed E-state index contributed by atoms with van der Waals surface area (Å²) < 4.78 is 5.25. The van der Waals surface area contributed by atoms with Gasteiger partial charge in [0.15, 0.2) is 0 Å². The normalized spacial score (nSPS) is 12.3. The van der Waals surface area contributed by atoms with Gasteiger partial charge in [-0.05, 0) is 20.3 Å². The maximum atomic E-state index is 5.25. The van der Waals surface area contributed by atoms with Crippen LogP contribution in [0.3, 0.4) is 0 Å². The molecule has 5 nitrogen and oxygen atoms in total. The Labute approximate surface area is 128 Å². The zero-order valence-electron chi connectivity index (χ0n) is 14.5. The molecule has 0 amide bonds. The van der Waals surface area contributed by atoms with E-state index in [-0.39, 0.29) is 11.0 Å². The zero-order chi connectivity index (χ0) is 16.1. The molecule has 0 aliphatic carbocycles. The number of aromatic nitrogens is 2. The van der Waals surface area contributed by atoms with Crippen LogP contribution in [0.15, 0.2) is 6.07 Å². The van der Waals surface area contributed by atoms with E-state index >= 15 is 0 Å². The highest BCUT2D eigenvalue weighted by Crippen LogP contribution is 2.24. The van der Waals surface area contributed by atoms with Crippen LogP contribution in [0.2, 0.25) is 0 Å². The fraction of sp³-hybridized carbons (Fsp3) is 0.750. The predicted molar refractivity (Wildman–Crippen MR) is 89.1 cm³/mol. The Morgan fingerprint density at radius 1 is 1.10 bits per heavy atom. The van der Waals surface area contributed by atoms with Crippen LogP contribution in [0, 0.1) is 0 Å². The van der Waals surface area contributed by atoms with E-state index in [1.807, 2.05) is 6.07 Å². The van der Waals surface area contributed by atoms with Crippen LogP contribution >= 0.6 is 0 Å². The van der Waals surface area contributed by atoms with Crippen molar-refractivity contribution in [3.05, 3.63) is 11.9 Å². The second kappa shape index (κ2) is 7.07. The SMILES string of the molecule is CCCNc1cc(NC(C)(C)COC)nc(C(C)(C)C)n1.